The summed E-state index contributed by atoms with van der Waals surface area (Å²) < 4.78 is 24.1. The van der Waals surface area contributed by atoms with Crippen molar-refractivity contribution in [3.05, 3.63) is 82.1 Å². The number of likely N-dealkylation sites (tertiary alicyclic amines) is 1. The van der Waals surface area contributed by atoms with Gasteiger partial charge in [0.1, 0.15) is 18.1 Å². The number of benzene rings is 2. The highest BCUT2D eigenvalue weighted by atomic mass is 16.7. The largest absolute Gasteiger partial charge is 0.491 e. The number of carbonyl (C=O) groups excluding carboxylic acids is 1. The van der Waals surface area contributed by atoms with Crippen molar-refractivity contribution in [3.8, 4) is 11.8 Å². The first-order valence-corrected chi connectivity index (χ1v) is 18.0. The first-order chi connectivity index (χ1) is 23.4. The average Bonchev–Trinajstić information content (AvgIpc) is 3.12. The van der Waals surface area contributed by atoms with Crippen molar-refractivity contribution in [2.45, 2.75) is 96.7 Å². The Morgan fingerprint density at radius 3 is 2.52 bits per heavy atom. The fourth-order valence-electron chi connectivity index (χ4n) is 6.97. The van der Waals surface area contributed by atoms with Gasteiger partial charge < -0.3 is 29.2 Å². The molecule has 0 spiro atoms. The molecule has 2 saturated heterocycles. The Balaban J connectivity index is 1.04. The number of nitriles is 1. The van der Waals surface area contributed by atoms with Crippen LogP contribution in [-0.4, -0.2) is 63.1 Å². The lowest BCUT2D eigenvalue weighted by Gasteiger charge is -2.34. The van der Waals surface area contributed by atoms with Crippen molar-refractivity contribution in [3.63, 3.8) is 0 Å². The van der Waals surface area contributed by atoms with Crippen LogP contribution in [0.4, 0.5) is 0 Å². The van der Waals surface area contributed by atoms with Crippen molar-refractivity contribution in [1.82, 2.24) is 10.2 Å². The number of hydrogen-bond donors (Lipinski definition) is 1. The molecule has 2 aromatic rings. The van der Waals surface area contributed by atoms with Crippen LogP contribution in [0.3, 0.4) is 0 Å². The Kier molecular flexibility index (Phi) is 13.5. The second-order valence-electron chi connectivity index (χ2n) is 13.5. The molecule has 1 amide bonds. The van der Waals surface area contributed by atoms with Crippen LogP contribution in [0.5, 0.6) is 5.75 Å². The van der Waals surface area contributed by atoms with E-state index in [0.717, 1.165) is 94.5 Å². The number of piperidine rings is 1. The van der Waals surface area contributed by atoms with Gasteiger partial charge in [-0.15, -0.1) is 0 Å². The fourth-order valence-corrected chi connectivity index (χ4v) is 6.97. The van der Waals surface area contributed by atoms with Crippen LogP contribution in [0.2, 0.25) is 0 Å². The van der Waals surface area contributed by atoms with E-state index in [1.807, 2.05) is 13.8 Å². The molecule has 0 bridgehead atoms. The SMILES string of the molecule is C=C(OC(C(=O)NCCCCN1CCC(c2ccc3c(c2OCCOC2CCCCO2)CCCC3)CC1)=C(C)C)c1ccc(C#N)cc1. The number of fused-ring (bicyclic) bond motifs is 1. The second-order valence-corrected chi connectivity index (χ2v) is 13.5. The Labute approximate surface area is 287 Å². The summed E-state index contributed by atoms with van der Waals surface area (Å²) >= 11 is 0. The van der Waals surface area contributed by atoms with Gasteiger partial charge in [-0.05, 0) is 157 Å². The number of nitrogens with one attached hydrogen (secondary N) is 1. The topological polar surface area (TPSA) is 93.1 Å². The van der Waals surface area contributed by atoms with E-state index in [-0.39, 0.29) is 18.0 Å². The summed E-state index contributed by atoms with van der Waals surface area (Å²) in [6, 6.07) is 13.8. The molecule has 2 heterocycles. The van der Waals surface area contributed by atoms with E-state index < -0.39 is 0 Å². The van der Waals surface area contributed by atoms with Gasteiger partial charge in [0.05, 0.1) is 18.2 Å². The molecular formula is C40H53N3O5. The molecule has 5 rings (SSSR count). The lowest BCUT2D eigenvalue weighted by Crippen LogP contribution is -2.34. The van der Waals surface area contributed by atoms with Crippen molar-refractivity contribution >= 4 is 11.7 Å². The van der Waals surface area contributed by atoms with Crippen LogP contribution in [0.15, 0.2) is 54.3 Å². The molecule has 3 aliphatic rings. The van der Waals surface area contributed by atoms with Gasteiger partial charge in [-0.1, -0.05) is 18.7 Å². The maximum Gasteiger partial charge on any atom is 0.286 e. The molecule has 0 aromatic heterocycles. The van der Waals surface area contributed by atoms with Gasteiger partial charge in [-0.3, -0.25) is 4.79 Å². The Morgan fingerprint density at radius 2 is 1.79 bits per heavy atom. The second kappa shape index (κ2) is 18.2. The van der Waals surface area contributed by atoms with E-state index in [1.54, 1.807) is 24.3 Å². The summed E-state index contributed by atoms with van der Waals surface area (Å²) in [5.41, 5.74) is 6.34. The monoisotopic (exact) mass is 655 g/mol. The van der Waals surface area contributed by atoms with E-state index in [9.17, 15) is 4.79 Å². The molecule has 2 fully saturated rings. The zero-order valence-corrected chi connectivity index (χ0v) is 29.0. The number of unbranched alkanes of at least 4 members (excludes halogenated alkanes) is 1. The van der Waals surface area contributed by atoms with Crippen LogP contribution in [0.25, 0.3) is 5.76 Å². The van der Waals surface area contributed by atoms with Gasteiger partial charge in [0, 0.05) is 18.7 Å². The standard InChI is InChI=1S/C40H53N3O5/c1-29(2)38(48-30(3)32-15-13-31(28-41)14-16-32)40(44)42-21-7-8-22-43-23-19-34(20-24-43)36-18-17-33-10-4-5-11-35(33)39(36)47-27-26-46-37-12-6-9-25-45-37/h13-18,34,37H,3-12,19-27H2,1-2H3,(H,42,44). The van der Waals surface area contributed by atoms with Crippen LogP contribution >= 0.6 is 0 Å². The first kappa shape index (κ1) is 35.7. The van der Waals surface area contributed by atoms with Crippen LogP contribution < -0.4 is 10.1 Å². The lowest BCUT2D eigenvalue weighted by molar-refractivity contribution is -0.165. The number of hydrogen-bond acceptors (Lipinski definition) is 7. The van der Waals surface area contributed by atoms with Crippen molar-refractivity contribution in [2.24, 2.45) is 0 Å². The van der Waals surface area contributed by atoms with Gasteiger partial charge in [0.15, 0.2) is 12.0 Å². The molecule has 8 nitrogen and oxygen atoms in total. The number of rotatable bonds is 15. The molecule has 8 heteroatoms. The molecule has 1 atom stereocenters. The van der Waals surface area contributed by atoms with Crippen LogP contribution in [-0.2, 0) is 31.8 Å². The van der Waals surface area contributed by atoms with Gasteiger partial charge >= 0.3 is 0 Å². The first-order valence-electron chi connectivity index (χ1n) is 18.0. The van der Waals surface area contributed by atoms with E-state index in [1.165, 1.54) is 36.0 Å². The van der Waals surface area contributed by atoms with Crippen LogP contribution in [0, 0.1) is 11.3 Å². The highest BCUT2D eigenvalue weighted by Crippen LogP contribution is 2.40. The number of ether oxygens (including phenoxy) is 4. The summed E-state index contributed by atoms with van der Waals surface area (Å²) in [5, 5.41) is 12.1. The van der Waals surface area contributed by atoms with E-state index in [2.05, 4.69) is 35.0 Å². The zero-order valence-electron chi connectivity index (χ0n) is 29.0. The highest BCUT2D eigenvalue weighted by molar-refractivity contribution is 5.93. The number of amides is 1. The minimum absolute atomic E-state index is 0.0810. The number of allylic oxidation sites excluding steroid dienone is 1. The highest BCUT2D eigenvalue weighted by Gasteiger charge is 2.27. The van der Waals surface area contributed by atoms with E-state index >= 15 is 0 Å². The van der Waals surface area contributed by atoms with Gasteiger partial charge in [0.2, 0.25) is 0 Å². The van der Waals surface area contributed by atoms with Crippen molar-refractivity contribution in [1.29, 1.82) is 5.26 Å². The van der Waals surface area contributed by atoms with E-state index in [4.69, 9.17) is 24.2 Å². The lowest BCUT2D eigenvalue weighted by atomic mass is 9.83. The van der Waals surface area contributed by atoms with Gasteiger partial charge in [-0.2, -0.15) is 5.26 Å². The van der Waals surface area contributed by atoms with E-state index in [0.29, 0.717) is 37.0 Å². The Bertz CT molecular complexity index is 1440. The molecule has 2 aromatic carbocycles. The molecule has 1 aliphatic carbocycles. The summed E-state index contributed by atoms with van der Waals surface area (Å²) in [6.45, 7) is 13.4. The molecule has 1 N–H and O–H groups in total. The maximum atomic E-state index is 12.9. The Morgan fingerprint density at radius 1 is 1.00 bits per heavy atom. The number of nitrogens with zero attached hydrogens (tertiary/aromatic N) is 2. The molecule has 2 aliphatic heterocycles. The molecule has 0 saturated carbocycles. The quantitative estimate of drug-likeness (QED) is 0.121. The third-order valence-electron chi connectivity index (χ3n) is 9.72. The van der Waals surface area contributed by atoms with Crippen LogP contribution in [0.1, 0.15) is 105 Å². The minimum atomic E-state index is -0.234. The predicted molar refractivity (Wildman–Crippen MR) is 188 cm³/mol. The normalized spacial score (nSPS) is 18.3. The summed E-state index contributed by atoms with van der Waals surface area (Å²) in [7, 11) is 0. The average molecular weight is 656 g/mol. The van der Waals surface area contributed by atoms with Crippen molar-refractivity contribution < 1.29 is 23.7 Å². The summed E-state index contributed by atoms with van der Waals surface area (Å²) in [5.74, 6) is 2.05. The number of aryl methyl sites for hydroxylation is 1. The third-order valence-corrected chi connectivity index (χ3v) is 9.72. The molecule has 1 unspecified atom stereocenters. The van der Waals surface area contributed by atoms with Gasteiger partial charge in [0.25, 0.3) is 5.91 Å². The van der Waals surface area contributed by atoms with Gasteiger partial charge in [-0.25, -0.2) is 0 Å². The number of carbonyl (C=O) groups is 1. The predicted octanol–water partition coefficient (Wildman–Crippen LogP) is 7.42. The van der Waals surface area contributed by atoms with Crippen molar-refractivity contribution in [2.75, 3.05) is 46.0 Å². The molecule has 48 heavy (non-hydrogen) atoms. The minimum Gasteiger partial charge on any atom is -0.491 e. The molecular weight excluding hydrogens is 602 g/mol. The Hall–Kier alpha value is -3.64. The summed E-state index contributed by atoms with van der Waals surface area (Å²) in [6.07, 6.45) is 12.1. The zero-order chi connectivity index (χ0) is 33.7. The molecule has 0 radical (unpaired) electrons. The smallest absolute Gasteiger partial charge is 0.286 e. The summed E-state index contributed by atoms with van der Waals surface area (Å²) in [4.78, 5) is 15.5. The molecule has 258 valence electrons. The third kappa shape index (κ3) is 9.95. The maximum absolute atomic E-state index is 12.9. The fraction of sp³-hybridized carbons (Fsp3) is 0.550.